The molecule has 0 aliphatic carbocycles. The molecule has 0 amide bonds. The number of alkyl halides is 1. The summed E-state index contributed by atoms with van der Waals surface area (Å²) < 4.78 is 4.63. The molecular weight excluding hydrogens is 339 g/mol. The lowest BCUT2D eigenvalue weighted by atomic mass is 10.2. The molecule has 0 N–H and O–H groups in total. The van der Waals surface area contributed by atoms with Crippen LogP contribution in [0, 0.1) is 0 Å². The van der Waals surface area contributed by atoms with Gasteiger partial charge in [0.25, 0.3) is 0 Å². The molecule has 1 rings (SSSR count). The van der Waals surface area contributed by atoms with Crippen LogP contribution in [0.25, 0.3) is 5.03 Å². The van der Waals surface area contributed by atoms with E-state index in [1.165, 1.54) is 7.11 Å². The van der Waals surface area contributed by atoms with Crippen molar-refractivity contribution in [3.63, 3.8) is 0 Å². The number of ether oxygens (including phenoxy) is 1. The van der Waals surface area contributed by atoms with Gasteiger partial charge in [0.15, 0.2) is 0 Å². The van der Waals surface area contributed by atoms with Crippen molar-refractivity contribution in [2.75, 3.05) is 12.4 Å². The smallest absolute Gasteiger partial charge is 0.334 e. The Hall–Kier alpha value is -0.770. The summed E-state index contributed by atoms with van der Waals surface area (Å²) in [6, 6.07) is 7.12. The van der Waals surface area contributed by atoms with E-state index in [1.54, 1.807) is 36.4 Å². The summed E-state index contributed by atoms with van der Waals surface area (Å²) >= 11 is 15.1. The summed E-state index contributed by atoms with van der Waals surface area (Å²) in [6.07, 6.45) is 3.27. The first kappa shape index (κ1) is 15.3. The van der Waals surface area contributed by atoms with Gasteiger partial charge in [0, 0.05) is 21.0 Å². The number of rotatable bonds is 4. The second-order valence-corrected chi connectivity index (χ2v) is 4.74. The summed E-state index contributed by atoms with van der Waals surface area (Å²) in [5.41, 5.74) is 1.32. The van der Waals surface area contributed by atoms with Gasteiger partial charge in [-0.3, -0.25) is 0 Å². The zero-order valence-electron chi connectivity index (χ0n) is 9.62. The van der Waals surface area contributed by atoms with E-state index >= 15 is 0 Å². The molecule has 0 aromatic heterocycles. The van der Waals surface area contributed by atoms with Crippen LogP contribution in [0.2, 0.25) is 5.02 Å². The van der Waals surface area contributed by atoms with Gasteiger partial charge in [-0.05, 0) is 29.8 Å². The first-order chi connectivity index (χ1) is 8.58. The predicted molar refractivity (Wildman–Crippen MR) is 79.2 cm³/mol. The van der Waals surface area contributed by atoms with Crippen molar-refractivity contribution >= 4 is 50.1 Å². The maximum atomic E-state index is 11.3. The SMILES string of the molecule is COC(=O)/C(=C\C=C(/Cl)c1ccc(Cl)cc1)CBr. The predicted octanol–water partition coefficient (Wildman–Crippen LogP) is 4.41. The van der Waals surface area contributed by atoms with Gasteiger partial charge in [-0.1, -0.05) is 51.3 Å². The quantitative estimate of drug-likeness (QED) is 0.348. The van der Waals surface area contributed by atoms with Crippen molar-refractivity contribution in [2.45, 2.75) is 0 Å². The highest BCUT2D eigenvalue weighted by molar-refractivity contribution is 9.09. The summed E-state index contributed by atoms with van der Waals surface area (Å²) in [5.74, 6) is -0.385. The van der Waals surface area contributed by atoms with Crippen LogP contribution in [0.3, 0.4) is 0 Å². The van der Waals surface area contributed by atoms with Gasteiger partial charge in [-0.2, -0.15) is 0 Å². The molecule has 0 aliphatic heterocycles. The molecule has 1 aromatic rings. The van der Waals surface area contributed by atoms with Crippen LogP contribution in [0.4, 0.5) is 0 Å². The number of esters is 1. The highest BCUT2D eigenvalue weighted by Gasteiger charge is 2.06. The molecule has 0 saturated carbocycles. The summed E-state index contributed by atoms with van der Waals surface area (Å²) in [4.78, 5) is 11.3. The fraction of sp³-hybridized carbons (Fsp3) is 0.154. The molecule has 0 unspecified atom stereocenters. The zero-order valence-corrected chi connectivity index (χ0v) is 12.7. The average Bonchev–Trinajstić information content (AvgIpc) is 2.39. The van der Waals surface area contributed by atoms with E-state index in [4.69, 9.17) is 23.2 Å². The molecule has 0 fully saturated rings. The maximum absolute atomic E-state index is 11.3. The van der Waals surface area contributed by atoms with Crippen molar-refractivity contribution in [3.8, 4) is 0 Å². The van der Waals surface area contributed by atoms with Crippen LogP contribution in [-0.4, -0.2) is 18.4 Å². The average molecular weight is 350 g/mol. The Morgan fingerprint density at radius 1 is 1.33 bits per heavy atom. The molecule has 1 aromatic carbocycles. The number of hydrogen-bond donors (Lipinski definition) is 0. The van der Waals surface area contributed by atoms with Gasteiger partial charge in [-0.15, -0.1) is 0 Å². The topological polar surface area (TPSA) is 26.3 Å². The van der Waals surface area contributed by atoms with Crippen molar-refractivity contribution in [1.82, 2.24) is 0 Å². The van der Waals surface area contributed by atoms with Crippen molar-refractivity contribution in [1.29, 1.82) is 0 Å². The number of carbonyl (C=O) groups excluding carboxylic acids is 1. The Morgan fingerprint density at radius 2 is 1.94 bits per heavy atom. The standard InChI is InChI=1S/C13H11BrCl2O2/c1-18-13(17)10(8-14)4-7-12(16)9-2-5-11(15)6-3-9/h2-7H,8H2,1H3/b10-4-,12-7-. The van der Waals surface area contributed by atoms with E-state index in [1.807, 2.05) is 0 Å². The van der Waals surface area contributed by atoms with Gasteiger partial charge < -0.3 is 4.74 Å². The zero-order chi connectivity index (χ0) is 13.5. The Morgan fingerprint density at radius 3 is 2.44 bits per heavy atom. The van der Waals surface area contributed by atoms with Gasteiger partial charge in [0.2, 0.25) is 0 Å². The highest BCUT2D eigenvalue weighted by atomic mass is 79.9. The van der Waals surface area contributed by atoms with E-state index in [2.05, 4.69) is 20.7 Å². The Balaban J connectivity index is 2.92. The van der Waals surface area contributed by atoms with E-state index in [0.717, 1.165) is 5.56 Å². The third kappa shape index (κ3) is 4.48. The van der Waals surface area contributed by atoms with Gasteiger partial charge in [-0.25, -0.2) is 4.79 Å². The molecule has 0 saturated heterocycles. The number of halogens is 3. The molecule has 2 nitrogen and oxygen atoms in total. The van der Waals surface area contributed by atoms with Gasteiger partial charge in [0.1, 0.15) is 0 Å². The normalized spacial score (nSPS) is 12.4. The third-order valence-corrected chi connectivity index (χ3v) is 3.34. The molecule has 0 radical (unpaired) electrons. The van der Waals surface area contributed by atoms with Crippen molar-refractivity contribution < 1.29 is 9.53 Å². The number of methoxy groups -OCH3 is 1. The second kappa shape index (κ2) is 7.62. The minimum absolute atomic E-state index is 0.385. The number of carbonyl (C=O) groups is 1. The second-order valence-electron chi connectivity index (χ2n) is 3.34. The number of hydrogen-bond acceptors (Lipinski definition) is 2. The molecular formula is C13H11BrCl2O2. The number of allylic oxidation sites excluding steroid dienone is 2. The van der Waals surface area contributed by atoms with E-state index in [0.29, 0.717) is 21.0 Å². The van der Waals surface area contributed by atoms with Crippen LogP contribution >= 0.6 is 39.1 Å². The van der Waals surface area contributed by atoms with Gasteiger partial charge in [0.05, 0.1) is 7.11 Å². The van der Waals surface area contributed by atoms with E-state index < -0.39 is 0 Å². The van der Waals surface area contributed by atoms with Crippen LogP contribution in [0.5, 0.6) is 0 Å². The first-order valence-corrected chi connectivity index (χ1v) is 6.92. The Bertz CT molecular complexity index is 478. The maximum Gasteiger partial charge on any atom is 0.334 e. The molecule has 5 heteroatoms. The molecule has 0 aliphatic rings. The minimum Gasteiger partial charge on any atom is -0.466 e. The van der Waals surface area contributed by atoms with Crippen LogP contribution in [0.15, 0.2) is 42.0 Å². The lowest BCUT2D eigenvalue weighted by molar-refractivity contribution is -0.135. The Kier molecular flexibility index (Phi) is 6.47. The molecule has 18 heavy (non-hydrogen) atoms. The summed E-state index contributed by atoms with van der Waals surface area (Å²) in [6.45, 7) is 0. The minimum atomic E-state index is -0.385. The first-order valence-electron chi connectivity index (χ1n) is 5.05. The highest BCUT2D eigenvalue weighted by Crippen LogP contribution is 2.21. The van der Waals surface area contributed by atoms with Crippen LogP contribution in [-0.2, 0) is 9.53 Å². The molecule has 96 valence electrons. The largest absolute Gasteiger partial charge is 0.466 e. The fourth-order valence-electron chi connectivity index (χ4n) is 1.18. The van der Waals surface area contributed by atoms with Crippen LogP contribution in [0.1, 0.15) is 5.56 Å². The monoisotopic (exact) mass is 348 g/mol. The summed E-state index contributed by atoms with van der Waals surface area (Å²) in [7, 11) is 1.34. The lowest BCUT2D eigenvalue weighted by Gasteiger charge is -2.01. The van der Waals surface area contributed by atoms with Crippen molar-refractivity contribution in [2.24, 2.45) is 0 Å². The fourth-order valence-corrected chi connectivity index (χ4v) is 1.91. The van der Waals surface area contributed by atoms with E-state index in [-0.39, 0.29) is 5.97 Å². The summed E-state index contributed by atoms with van der Waals surface area (Å²) in [5, 5.41) is 1.57. The lowest BCUT2D eigenvalue weighted by Crippen LogP contribution is -2.05. The third-order valence-electron chi connectivity index (χ3n) is 2.14. The molecule has 0 atom stereocenters. The van der Waals surface area contributed by atoms with Gasteiger partial charge >= 0.3 is 5.97 Å². The molecule has 0 heterocycles. The van der Waals surface area contributed by atoms with E-state index in [9.17, 15) is 4.79 Å². The Labute approximate surface area is 124 Å². The number of benzene rings is 1. The van der Waals surface area contributed by atoms with Crippen LogP contribution < -0.4 is 0 Å². The molecule has 0 spiro atoms. The molecule has 0 bridgehead atoms. The van der Waals surface area contributed by atoms with Crippen molar-refractivity contribution in [3.05, 3.63) is 52.6 Å².